The van der Waals surface area contributed by atoms with Crippen molar-refractivity contribution < 1.29 is 13.2 Å². The number of halogens is 1. The van der Waals surface area contributed by atoms with E-state index in [1.807, 2.05) is 19.2 Å². The van der Waals surface area contributed by atoms with Crippen molar-refractivity contribution in [2.24, 2.45) is 11.8 Å². The Morgan fingerprint density at radius 1 is 1.24 bits per heavy atom. The molecule has 2 fully saturated rings. The lowest BCUT2D eigenvalue weighted by Crippen LogP contribution is -2.39. The van der Waals surface area contributed by atoms with Crippen LogP contribution in [-0.4, -0.2) is 59.7 Å². The zero-order valence-corrected chi connectivity index (χ0v) is 23.1. The van der Waals surface area contributed by atoms with Gasteiger partial charge in [-0.1, -0.05) is 18.5 Å². The van der Waals surface area contributed by atoms with Gasteiger partial charge >= 0.3 is 0 Å². The number of benzene rings is 1. The summed E-state index contributed by atoms with van der Waals surface area (Å²) in [6.45, 7) is 6.01. The number of hydrogen-bond acceptors (Lipinski definition) is 7. The van der Waals surface area contributed by atoms with E-state index in [0.29, 0.717) is 23.8 Å². The highest BCUT2D eigenvalue weighted by Gasteiger charge is 2.34. The highest BCUT2D eigenvalue weighted by molar-refractivity contribution is 7.92. The maximum atomic E-state index is 13.8. The summed E-state index contributed by atoms with van der Waals surface area (Å²) in [5.41, 5.74) is 2.76. The maximum absolute atomic E-state index is 13.8. The average Bonchev–Trinajstić information content (AvgIpc) is 3.45. The summed E-state index contributed by atoms with van der Waals surface area (Å²) in [6.07, 6.45) is 5.48. The van der Waals surface area contributed by atoms with Crippen LogP contribution < -0.4 is 9.62 Å². The normalized spacial score (nSPS) is 22.0. The van der Waals surface area contributed by atoms with Crippen molar-refractivity contribution in [1.82, 2.24) is 19.5 Å². The highest BCUT2D eigenvalue weighted by atomic mass is 35.5. The van der Waals surface area contributed by atoms with Crippen LogP contribution in [0.5, 0.6) is 0 Å². The van der Waals surface area contributed by atoms with Crippen LogP contribution in [0.1, 0.15) is 53.8 Å². The Labute approximate surface area is 227 Å². The molecule has 12 heteroatoms. The van der Waals surface area contributed by atoms with Gasteiger partial charge in [-0.3, -0.25) is 9.52 Å². The third-order valence-corrected chi connectivity index (χ3v) is 8.14. The Balaban J connectivity index is 1.48. The van der Waals surface area contributed by atoms with Crippen LogP contribution in [-0.2, 0) is 10.0 Å². The van der Waals surface area contributed by atoms with Crippen molar-refractivity contribution in [2.75, 3.05) is 35.5 Å². The monoisotopic (exact) mass is 555 g/mol. The zero-order valence-electron chi connectivity index (χ0n) is 21.6. The van der Waals surface area contributed by atoms with E-state index in [0.717, 1.165) is 49.1 Å². The molecule has 200 valence electrons. The molecule has 1 aromatic carbocycles. The van der Waals surface area contributed by atoms with Gasteiger partial charge in [-0.05, 0) is 50.3 Å². The van der Waals surface area contributed by atoms with Crippen molar-refractivity contribution >= 4 is 44.7 Å². The van der Waals surface area contributed by atoms with Crippen LogP contribution >= 0.6 is 11.6 Å². The number of nitrogens with one attached hydrogen (secondary N) is 1. The fraction of sp³-hybridized carbons (Fsp3) is 0.462. The predicted molar refractivity (Wildman–Crippen MR) is 146 cm³/mol. The van der Waals surface area contributed by atoms with Gasteiger partial charge in [-0.15, -0.1) is 0 Å². The molecule has 10 nitrogen and oxygen atoms in total. The summed E-state index contributed by atoms with van der Waals surface area (Å²) < 4.78 is 28.0. The summed E-state index contributed by atoms with van der Waals surface area (Å²) in [4.78, 5) is 22.6. The number of sulfonamides is 1. The summed E-state index contributed by atoms with van der Waals surface area (Å²) >= 11 is 6.19. The van der Waals surface area contributed by atoms with E-state index in [4.69, 9.17) is 21.7 Å². The third kappa shape index (κ3) is 5.15. The number of aryl methyl sites for hydroxylation is 1. The molecule has 2 saturated heterocycles. The fourth-order valence-electron chi connectivity index (χ4n) is 5.43. The van der Waals surface area contributed by atoms with Gasteiger partial charge in [0.05, 0.1) is 41.2 Å². The topological polar surface area (TPSA) is 124 Å². The number of piperidine rings is 1. The Morgan fingerprint density at radius 2 is 2.03 bits per heavy atom. The van der Waals surface area contributed by atoms with Gasteiger partial charge in [-0.2, -0.15) is 10.4 Å². The largest absolute Gasteiger partial charge is 0.355 e. The number of hydrogen-bond donors (Lipinski definition) is 1. The minimum atomic E-state index is -3.59. The molecule has 0 spiro atoms. The Morgan fingerprint density at radius 3 is 2.74 bits per heavy atom. The molecule has 0 aliphatic carbocycles. The summed E-state index contributed by atoms with van der Waals surface area (Å²) in [7, 11) is -3.59. The molecule has 0 unspecified atom stereocenters. The van der Waals surface area contributed by atoms with Crippen LogP contribution in [0.3, 0.4) is 0 Å². The first kappa shape index (κ1) is 26.3. The van der Waals surface area contributed by atoms with Gasteiger partial charge in [0.15, 0.2) is 5.65 Å². The molecule has 4 heterocycles. The summed E-state index contributed by atoms with van der Waals surface area (Å²) in [5, 5.41) is 14.6. The van der Waals surface area contributed by atoms with E-state index in [2.05, 4.69) is 22.6 Å². The number of nitriles is 1. The first-order chi connectivity index (χ1) is 18.0. The van der Waals surface area contributed by atoms with Gasteiger partial charge < -0.3 is 9.80 Å². The molecule has 2 aliphatic rings. The molecule has 0 bridgehead atoms. The van der Waals surface area contributed by atoms with Crippen molar-refractivity contribution in [3.8, 4) is 6.07 Å². The summed E-state index contributed by atoms with van der Waals surface area (Å²) in [6, 6.07) is 8.56. The van der Waals surface area contributed by atoms with Crippen LogP contribution in [0.4, 0.5) is 11.5 Å². The number of carbonyl (C=O) groups is 1. The minimum absolute atomic E-state index is 0.0247. The Hall–Kier alpha value is -3.36. The quantitative estimate of drug-likeness (QED) is 0.504. The predicted octanol–water partition coefficient (Wildman–Crippen LogP) is 4.03. The molecular formula is C26H30ClN7O3S. The lowest BCUT2D eigenvalue weighted by atomic mass is 9.98. The molecular weight excluding hydrogens is 526 g/mol. The molecule has 2 aromatic heterocycles. The molecule has 1 amide bonds. The number of aromatic nitrogens is 3. The van der Waals surface area contributed by atoms with E-state index >= 15 is 0 Å². The van der Waals surface area contributed by atoms with Crippen molar-refractivity contribution in [3.63, 3.8) is 0 Å². The first-order valence-corrected chi connectivity index (χ1v) is 14.9. The maximum Gasteiger partial charge on any atom is 0.256 e. The molecule has 38 heavy (non-hydrogen) atoms. The van der Waals surface area contributed by atoms with E-state index in [9.17, 15) is 18.5 Å². The standard InChI is InChI=1S/C26H30ClN7O3S/c1-16-13-32(15-18(16)12-28)25-17(2)14-34-24(29-25)11-22(30-34)23-6-4-5-9-33(23)26(35)20-10-19(27)7-8-21(20)31-38(3,36)37/h7-8,10-11,14,16,18,23,31H,4-6,9,13,15H2,1-3H3/t16-,18+,23-/m0/s1. The Bertz CT molecular complexity index is 1550. The van der Waals surface area contributed by atoms with Gasteiger partial charge in [0.25, 0.3) is 5.91 Å². The lowest BCUT2D eigenvalue weighted by Gasteiger charge is -2.35. The number of nitrogens with zero attached hydrogens (tertiary/aromatic N) is 6. The number of likely N-dealkylation sites (tertiary alicyclic amines) is 1. The number of fused-ring (bicyclic) bond motifs is 1. The number of anilines is 2. The zero-order chi connectivity index (χ0) is 27.2. The van der Waals surface area contributed by atoms with Gasteiger partial charge in [0, 0.05) is 42.5 Å². The fourth-order valence-corrected chi connectivity index (χ4v) is 6.18. The van der Waals surface area contributed by atoms with Crippen molar-refractivity contribution in [1.29, 1.82) is 5.26 Å². The van der Waals surface area contributed by atoms with E-state index < -0.39 is 10.0 Å². The first-order valence-electron chi connectivity index (χ1n) is 12.6. The number of amides is 1. The van der Waals surface area contributed by atoms with E-state index in [-0.39, 0.29) is 35.0 Å². The second-order valence-corrected chi connectivity index (χ2v) is 12.5. The van der Waals surface area contributed by atoms with E-state index in [1.54, 1.807) is 15.5 Å². The van der Waals surface area contributed by atoms with Crippen molar-refractivity contribution in [2.45, 2.75) is 39.2 Å². The summed E-state index contributed by atoms with van der Waals surface area (Å²) in [5.74, 6) is 0.788. The molecule has 0 radical (unpaired) electrons. The second kappa shape index (κ2) is 10.1. The minimum Gasteiger partial charge on any atom is -0.355 e. The Kier molecular flexibility index (Phi) is 6.96. The third-order valence-electron chi connectivity index (χ3n) is 7.31. The smallest absolute Gasteiger partial charge is 0.256 e. The number of rotatable bonds is 5. The van der Waals surface area contributed by atoms with Gasteiger partial charge in [0.1, 0.15) is 5.82 Å². The molecule has 0 saturated carbocycles. The highest BCUT2D eigenvalue weighted by Crippen LogP contribution is 2.35. The van der Waals surface area contributed by atoms with Crippen LogP contribution in [0, 0.1) is 30.1 Å². The van der Waals surface area contributed by atoms with Gasteiger partial charge in [0.2, 0.25) is 10.0 Å². The van der Waals surface area contributed by atoms with Crippen LogP contribution in [0.2, 0.25) is 5.02 Å². The second-order valence-electron chi connectivity index (χ2n) is 10.3. The van der Waals surface area contributed by atoms with Gasteiger partial charge in [-0.25, -0.2) is 17.9 Å². The molecule has 3 aromatic rings. The van der Waals surface area contributed by atoms with Crippen LogP contribution in [0.25, 0.3) is 5.65 Å². The van der Waals surface area contributed by atoms with Crippen LogP contribution in [0.15, 0.2) is 30.5 Å². The molecule has 3 atom stereocenters. The average molecular weight is 556 g/mol. The molecule has 2 aliphatic heterocycles. The lowest BCUT2D eigenvalue weighted by molar-refractivity contribution is 0.0607. The molecule has 5 rings (SSSR count). The van der Waals surface area contributed by atoms with E-state index in [1.165, 1.54) is 12.1 Å². The van der Waals surface area contributed by atoms with Crippen molar-refractivity contribution in [3.05, 3.63) is 52.3 Å². The SMILES string of the molecule is Cc1cn2nc([C@@H]3CCCCN3C(=O)c3cc(Cl)ccc3NS(C)(=O)=O)cc2nc1N1C[C@@H](C#N)[C@@H](C)C1. The molecule has 1 N–H and O–H groups in total. The number of carbonyl (C=O) groups excluding carboxylic acids is 1.